The molecule has 4 heterocycles. The first-order chi connectivity index (χ1) is 13.4. The van der Waals surface area contributed by atoms with E-state index in [4.69, 9.17) is 0 Å². The second-order valence-electron chi connectivity index (χ2n) is 7.42. The van der Waals surface area contributed by atoms with E-state index in [1.165, 1.54) is 6.20 Å². The largest absolute Gasteiger partial charge is 0.410 e. The van der Waals surface area contributed by atoms with Crippen molar-refractivity contribution in [3.63, 3.8) is 0 Å². The lowest BCUT2D eigenvalue weighted by Crippen LogP contribution is -2.40. The quantitative estimate of drug-likeness (QED) is 0.830. The summed E-state index contributed by atoms with van der Waals surface area (Å²) >= 11 is 0. The number of fused-ring (bicyclic) bond motifs is 1. The van der Waals surface area contributed by atoms with Crippen LogP contribution < -0.4 is 5.32 Å². The van der Waals surface area contributed by atoms with E-state index in [0.29, 0.717) is 36.6 Å². The number of hydrogen-bond donors (Lipinski definition) is 2. The number of anilines is 1. The van der Waals surface area contributed by atoms with E-state index in [-0.39, 0.29) is 24.4 Å². The molecule has 0 aliphatic carbocycles. The standard InChI is InChI=1S/C18H23F3N6O/c1-2-11-9-15(18(19,20)21)27-16(23-11)10-13(25-27)14-5-3-4-8-26(14)17(28)12-6-7-22-24-12/h6-7,10-11,14-15,23H,2-5,8-9H2,1H3,(H,22,24)/t11-,14?,15-/m1/s1. The van der Waals surface area contributed by atoms with Gasteiger partial charge in [0, 0.05) is 24.8 Å². The number of piperidine rings is 1. The molecule has 28 heavy (non-hydrogen) atoms. The fourth-order valence-corrected chi connectivity index (χ4v) is 4.11. The van der Waals surface area contributed by atoms with Crippen molar-refractivity contribution in [2.45, 2.75) is 63.3 Å². The van der Waals surface area contributed by atoms with E-state index >= 15 is 0 Å². The smallest absolute Gasteiger partial charge is 0.367 e. The third-order valence-corrected chi connectivity index (χ3v) is 5.62. The highest BCUT2D eigenvalue weighted by molar-refractivity contribution is 5.92. The van der Waals surface area contributed by atoms with Crippen molar-refractivity contribution < 1.29 is 18.0 Å². The first-order valence-electron chi connectivity index (χ1n) is 9.61. The molecule has 0 spiro atoms. The second-order valence-corrected chi connectivity index (χ2v) is 7.42. The first-order valence-corrected chi connectivity index (χ1v) is 9.61. The molecule has 2 N–H and O–H groups in total. The maximum absolute atomic E-state index is 13.6. The zero-order valence-corrected chi connectivity index (χ0v) is 15.5. The Labute approximate surface area is 160 Å². The predicted octanol–water partition coefficient (Wildman–Crippen LogP) is 3.67. The lowest BCUT2D eigenvalue weighted by molar-refractivity contribution is -0.173. The molecule has 1 unspecified atom stereocenters. The molecule has 1 saturated heterocycles. The molecule has 2 aliphatic rings. The summed E-state index contributed by atoms with van der Waals surface area (Å²) in [6.07, 6.45) is 0.106. The summed E-state index contributed by atoms with van der Waals surface area (Å²) in [6.45, 7) is 2.41. The van der Waals surface area contributed by atoms with Gasteiger partial charge in [-0.3, -0.25) is 9.89 Å². The monoisotopic (exact) mass is 396 g/mol. The molecule has 4 rings (SSSR count). The Bertz CT molecular complexity index is 831. The molecule has 0 saturated carbocycles. The molecule has 0 radical (unpaired) electrons. The van der Waals surface area contributed by atoms with Gasteiger partial charge < -0.3 is 10.2 Å². The zero-order valence-electron chi connectivity index (χ0n) is 15.5. The maximum atomic E-state index is 13.6. The van der Waals surface area contributed by atoms with Crippen LogP contribution in [0.5, 0.6) is 0 Å². The minimum atomic E-state index is -4.37. The Morgan fingerprint density at radius 1 is 1.36 bits per heavy atom. The lowest BCUT2D eigenvalue weighted by atomic mass is 9.98. The highest BCUT2D eigenvalue weighted by Crippen LogP contribution is 2.42. The van der Waals surface area contributed by atoms with Crippen molar-refractivity contribution in [1.29, 1.82) is 0 Å². The number of nitrogens with one attached hydrogen (secondary N) is 2. The summed E-state index contributed by atoms with van der Waals surface area (Å²) in [6, 6.07) is 1.02. The van der Waals surface area contributed by atoms with Crippen LogP contribution in [0.2, 0.25) is 0 Å². The number of aromatic nitrogens is 4. The number of rotatable bonds is 3. The van der Waals surface area contributed by atoms with Gasteiger partial charge in [0.1, 0.15) is 11.5 Å². The lowest BCUT2D eigenvalue weighted by Gasteiger charge is -2.34. The van der Waals surface area contributed by atoms with Crippen LogP contribution >= 0.6 is 0 Å². The fraction of sp³-hybridized carbons (Fsp3) is 0.611. The molecule has 7 nitrogen and oxygen atoms in total. The normalized spacial score (nSPS) is 25.3. The van der Waals surface area contributed by atoms with E-state index in [0.717, 1.165) is 17.5 Å². The molecule has 152 valence electrons. The van der Waals surface area contributed by atoms with Gasteiger partial charge in [0.2, 0.25) is 0 Å². The number of likely N-dealkylation sites (tertiary alicyclic amines) is 1. The SMILES string of the molecule is CC[C@@H]1C[C@H](C(F)(F)F)n2nc(C3CCCCN3C(=O)c3ccn[nH]3)cc2N1. The third-order valence-electron chi connectivity index (χ3n) is 5.62. The average Bonchev–Trinajstić information content (AvgIpc) is 3.35. The van der Waals surface area contributed by atoms with E-state index in [1.54, 1.807) is 17.0 Å². The van der Waals surface area contributed by atoms with Crippen molar-refractivity contribution in [3.05, 3.63) is 29.7 Å². The molecule has 0 bridgehead atoms. The minimum absolute atomic E-state index is 0.0461. The average molecular weight is 396 g/mol. The van der Waals surface area contributed by atoms with Gasteiger partial charge in [-0.15, -0.1) is 0 Å². The number of hydrogen-bond acceptors (Lipinski definition) is 4. The van der Waals surface area contributed by atoms with Crippen LogP contribution in [0.15, 0.2) is 18.3 Å². The number of halogens is 3. The summed E-state index contributed by atoms with van der Waals surface area (Å²) < 4.78 is 41.9. The summed E-state index contributed by atoms with van der Waals surface area (Å²) in [5.74, 6) is 0.162. The van der Waals surface area contributed by atoms with Gasteiger partial charge in [0.05, 0.1) is 11.7 Å². The molecule has 1 amide bonds. The number of carbonyl (C=O) groups excluding carboxylic acids is 1. The van der Waals surface area contributed by atoms with Crippen LogP contribution in [0.3, 0.4) is 0 Å². The fourth-order valence-electron chi connectivity index (χ4n) is 4.11. The molecule has 0 aromatic carbocycles. The number of aromatic amines is 1. The van der Waals surface area contributed by atoms with Gasteiger partial charge in [-0.1, -0.05) is 6.92 Å². The third kappa shape index (κ3) is 3.35. The van der Waals surface area contributed by atoms with Crippen molar-refractivity contribution >= 4 is 11.7 Å². The Hall–Kier alpha value is -2.52. The maximum Gasteiger partial charge on any atom is 0.410 e. The van der Waals surface area contributed by atoms with Gasteiger partial charge >= 0.3 is 6.18 Å². The highest BCUT2D eigenvalue weighted by atomic mass is 19.4. The van der Waals surface area contributed by atoms with Gasteiger partial charge in [-0.25, -0.2) is 4.68 Å². The van der Waals surface area contributed by atoms with Crippen molar-refractivity contribution in [2.75, 3.05) is 11.9 Å². The highest BCUT2D eigenvalue weighted by Gasteiger charge is 2.46. The van der Waals surface area contributed by atoms with Crippen LogP contribution in [-0.2, 0) is 0 Å². The molecular weight excluding hydrogens is 373 g/mol. The molecule has 10 heteroatoms. The van der Waals surface area contributed by atoms with Crippen LogP contribution in [0, 0.1) is 0 Å². The van der Waals surface area contributed by atoms with Gasteiger partial charge in [0.15, 0.2) is 6.04 Å². The zero-order chi connectivity index (χ0) is 19.9. The number of carbonyl (C=O) groups is 1. The van der Waals surface area contributed by atoms with Crippen LogP contribution in [0.25, 0.3) is 0 Å². The Balaban J connectivity index is 1.67. The number of nitrogens with zero attached hydrogens (tertiary/aromatic N) is 4. The van der Waals surface area contributed by atoms with E-state index < -0.39 is 12.2 Å². The van der Waals surface area contributed by atoms with Crippen molar-refractivity contribution in [1.82, 2.24) is 24.9 Å². The van der Waals surface area contributed by atoms with Crippen LogP contribution in [0.4, 0.5) is 19.0 Å². The summed E-state index contributed by atoms with van der Waals surface area (Å²) in [5.41, 5.74) is 0.870. The first kappa shape index (κ1) is 18.8. The molecule has 3 atom stereocenters. The second kappa shape index (κ2) is 7.14. The van der Waals surface area contributed by atoms with Crippen molar-refractivity contribution in [2.24, 2.45) is 0 Å². The molecular formula is C18H23F3N6O. The van der Waals surface area contributed by atoms with E-state index in [2.05, 4.69) is 20.6 Å². The van der Waals surface area contributed by atoms with Crippen LogP contribution in [-0.4, -0.2) is 49.5 Å². The van der Waals surface area contributed by atoms with Gasteiger partial charge in [-0.05, 0) is 38.2 Å². The summed E-state index contributed by atoms with van der Waals surface area (Å²) in [4.78, 5) is 14.5. The molecule has 2 aliphatic heterocycles. The Morgan fingerprint density at radius 2 is 2.18 bits per heavy atom. The Morgan fingerprint density at radius 3 is 2.86 bits per heavy atom. The number of H-pyrrole nitrogens is 1. The molecule has 1 fully saturated rings. The number of alkyl halides is 3. The van der Waals surface area contributed by atoms with Gasteiger partial charge in [-0.2, -0.15) is 23.4 Å². The minimum Gasteiger partial charge on any atom is -0.367 e. The van der Waals surface area contributed by atoms with E-state index in [1.807, 2.05) is 6.92 Å². The molecule has 2 aromatic rings. The van der Waals surface area contributed by atoms with E-state index in [9.17, 15) is 18.0 Å². The summed E-state index contributed by atoms with van der Waals surface area (Å²) in [7, 11) is 0. The Kier molecular flexibility index (Phi) is 4.80. The van der Waals surface area contributed by atoms with Crippen molar-refractivity contribution in [3.8, 4) is 0 Å². The van der Waals surface area contributed by atoms with Gasteiger partial charge in [0.25, 0.3) is 5.91 Å². The topological polar surface area (TPSA) is 78.8 Å². The number of amides is 1. The summed E-state index contributed by atoms with van der Waals surface area (Å²) in [5, 5.41) is 14.0. The predicted molar refractivity (Wildman–Crippen MR) is 95.9 cm³/mol. The molecule has 2 aromatic heterocycles. The van der Waals surface area contributed by atoms with Crippen LogP contribution in [0.1, 0.15) is 67.3 Å².